The first-order chi connectivity index (χ1) is 13.2. The highest BCUT2D eigenvalue weighted by Crippen LogP contribution is 2.27. The lowest BCUT2D eigenvalue weighted by molar-refractivity contribution is -0.121. The number of hydrazone groups is 1. The molecule has 2 aromatic rings. The van der Waals surface area contributed by atoms with E-state index in [9.17, 15) is 10.1 Å². The van der Waals surface area contributed by atoms with Crippen molar-refractivity contribution in [3.8, 4) is 17.6 Å². The second-order valence-electron chi connectivity index (χ2n) is 5.82. The van der Waals surface area contributed by atoms with Gasteiger partial charge >= 0.3 is 0 Å². The van der Waals surface area contributed by atoms with Gasteiger partial charge in [-0.3, -0.25) is 4.79 Å². The Kier molecular flexibility index (Phi) is 7.86. The molecule has 0 saturated heterocycles. The van der Waals surface area contributed by atoms with Crippen molar-refractivity contribution in [2.75, 3.05) is 13.7 Å². The lowest BCUT2D eigenvalue weighted by atomic mass is 10.0. The van der Waals surface area contributed by atoms with Crippen LogP contribution < -0.4 is 14.9 Å². The van der Waals surface area contributed by atoms with Gasteiger partial charge in [0.05, 0.1) is 26.0 Å². The number of methoxy groups -OCH3 is 1. The molecule has 2 aromatic carbocycles. The summed E-state index contributed by atoms with van der Waals surface area (Å²) in [6.45, 7) is 2.73. The quantitative estimate of drug-likeness (QED) is 0.418. The van der Waals surface area contributed by atoms with Crippen molar-refractivity contribution < 1.29 is 14.3 Å². The first kappa shape index (κ1) is 20.0. The van der Waals surface area contributed by atoms with E-state index < -0.39 is 11.8 Å². The molecule has 1 atom stereocenters. The minimum atomic E-state index is -0.910. The summed E-state index contributed by atoms with van der Waals surface area (Å²) in [6.07, 6.45) is 3.52. The SMILES string of the molecule is CCCCOc1ccc(/C=N\NC(=O)[C@H](C#N)c2ccccc2)cc1OC. The number of amides is 1. The maximum Gasteiger partial charge on any atom is 0.261 e. The molecular formula is C21H23N3O3. The second kappa shape index (κ2) is 10.6. The Balaban J connectivity index is 2.01. The summed E-state index contributed by atoms with van der Waals surface area (Å²) in [7, 11) is 1.57. The number of benzene rings is 2. The number of nitriles is 1. The zero-order valence-corrected chi connectivity index (χ0v) is 15.5. The minimum Gasteiger partial charge on any atom is -0.493 e. The highest BCUT2D eigenvalue weighted by molar-refractivity contribution is 5.88. The second-order valence-corrected chi connectivity index (χ2v) is 5.82. The monoisotopic (exact) mass is 365 g/mol. The van der Waals surface area contributed by atoms with Gasteiger partial charge in [0.15, 0.2) is 17.4 Å². The van der Waals surface area contributed by atoms with E-state index in [1.165, 1.54) is 6.21 Å². The molecule has 2 rings (SSSR count). The molecule has 0 aliphatic rings. The van der Waals surface area contributed by atoms with Crippen LogP contribution in [0.15, 0.2) is 53.6 Å². The number of unbranched alkanes of at least 4 members (excludes halogenated alkanes) is 1. The Morgan fingerprint density at radius 1 is 1.26 bits per heavy atom. The number of ether oxygens (including phenoxy) is 2. The van der Waals surface area contributed by atoms with Crippen molar-refractivity contribution in [1.82, 2.24) is 5.43 Å². The van der Waals surface area contributed by atoms with E-state index in [4.69, 9.17) is 9.47 Å². The third kappa shape index (κ3) is 5.86. The third-order valence-electron chi connectivity index (χ3n) is 3.86. The van der Waals surface area contributed by atoms with Crippen LogP contribution in [0.4, 0.5) is 0 Å². The van der Waals surface area contributed by atoms with Crippen LogP contribution in [0.1, 0.15) is 36.8 Å². The van der Waals surface area contributed by atoms with Crippen LogP contribution in [0.25, 0.3) is 0 Å². The Morgan fingerprint density at radius 3 is 2.70 bits per heavy atom. The maximum absolute atomic E-state index is 12.2. The summed E-state index contributed by atoms with van der Waals surface area (Å²) in [5, 5.41) is 13.2. The van der Waals surface area contributed by atoms with Crippen LogP contribution >= 0.6 is 0 Å². The van der Waals surface area contributed by atoms with Crippen molar-refractivity contribution in [3.63, 3.8) is 0 Å². The van der Waals surface area contributed by atoms with Gasteiger partial charge in [0, 0.05) is 0 Å². The Labute approximate surface area is 159 Å². The van der Waals surface area contributed by atoms with E-state index in [0.717, 1.165) is 18.4 Å². The molecule has 0 unspecified atom stereocenters. The molecule has 0 bridgehead atoms. The molecule has 27 heavy (non-hydrogen) atoms. The van der Waals surface area contributed by atoms with E-state index in [1.807, 2.05) is 18.2 Å². The van der Waals surface area contributed by atoms with Gasteiger partial charge < -0.3 is 9.47 Å². The van der Waals surface area contributed by atoms with Crippen LogP contribution in [0.2, 0.25) is 0 Å². The van der Waals surface area contributed by atoms with Crippen molar-refractivity contribution in [2.45, 2.75) is 25.7 Å². The van der Waals surface area contributed by atoms with E-state index in [1.54, 1.807) is 43.5 Å². The third-order valence-corrected chi connectivity index (χ3v) is 3.86. The van der Waals surface area contributed by atoms with Gasteiger partial charge in [0.1, 0.15) is 0 Å². The average molecular weight is 365 g/mol. The lowest BCUT2D eigenvalue weighted by Crippen LogP contribution is -2.24. The van der Waals surface area contributed by atoms with Gasteiger partial charge in [0.25, 0.3) is 5.91 Å². The minimum absolute atomic E-state index is 0.480. The van der Waals surface area contributed by atoms with E-state index in [2.05, 4.69) is 17.5 Å². The molecule has 0 aromatic heterocycles. The van der Waals surface area contributed by atoms with Gasteiger partial charge in [-0.25, -0.2) is 5.43 Å². The first-order valence-electron chi connectivity index (χ1n) is 8.78. The van der Waals surface area contributed by atoms with Crippen LogP contribution in [0, 0.1) is 11.3 Å². The number of carbonyl (C=O) groups is 1. The fourth-order valence-electron chi connectivity index (χ4n) is 2.38. The summed E-state index contributed by atoms with van der Waals surface area (Å²) in [4.78, 5) is 12.2. The molecule has 1 amide bonds. The van der Waals surface area contributed by atoms with Crippen molar-refractivity contribution >= 4 is 12.1 Å². The number of nitrogens with zero attached hydrogens (tertiary/aromatic N) is 2. The van der Waals surface area contributed by atoms with Gasteiger partial charge in [0.2, 0.25) is 0 Å². The van der Waals surface area contributed by atoms with Crippen molar-refractivity contribution in [2.24, 2.45) is 5.10 Å². The maximum atomic E-state index is 12.2. The molecule has 140 valence electrons. The molecular weight excluding hydrogens is 342 g/mol. The normalized spacial score (nSPS) is 11.6. The zero-order valence-electron chi connectivity index (χ0n) is 15.5. The summed E-state index contributed by atoms with van der Waals surface area (Å²) >= 11 is 0. The molecule has 0 aliphatic heterocycles. The molecule has 6 heteroatoms. The predicted octanol–water partition coefficient (Wildman–Crippen LogP) is 3.63. The molecule has 0 heterocycles. The van der Waals surface area contributed by atoms with Gasteiger partial charge in [-0.2, -0.15) is 10.4 Å². The number of hydrogen-bond donors (Lipinski definition) is 1. The zero-order chi connectivity index (χ0) is 19.5. The summed E-state index contributed by atoms with van der Waals surface area (Å²) in [6, 6.07) is 16.3. The number of carbonyl (C=O) groups excluding carboxylic acids is 1. The highest BCUT2D eigenvalue weighted by atomic mass is 16.5. The number of rotatable bonds is 9. The molecule has 0 spiro atoms. The average Bonchev–Trinajstić information content (AvgIpc) is 2.70. The molecule has 1 N–H and O–H groups in total. The largest absolute Gasteiger partial charge is 0.493 e. The predicted molar refractivity (Wildman–Crippen MR) is 104 cm³/mol. The van der Waals surface area contributed by atoms with E-state index in [0.29, 0.717) is 23.7 Å². The van der Waals surface area contributed by atoms with Gasteiger partial charge in [-0.15, -0.1) is 0 Å². The van der Waals surface area contributed by atoms with Gasteiger partial charge in [-0.1, -0.05) is 43.7 Å². The molecule has 0 radical (unpaired) electrons. The fraction of sp³-hybridized carbons (Fsp3) is 0.286. The fourth-order valence-corrected chi connectivity index (χ4v) is 2.38. The van der Waals surface area contributed by atoms with Crippen molar-refractivity contribution in [3.05, 3.63) is 59.7 Å². The summed E-state index contributed by atoms with van der Waals surface area (Å²) in [5.41, 5.74) is 3.78. The van der Waals surface area contributed by atoms with E-state index in [-0.39, 0.29) is 0 Å². The first-order valence-corrected chi connectivity index (χ1v) is 8.78. The molecule has 0 saturated carbocycles. The van der Waals surface area contributed by atoms with Crippen LogP contribution in [-0.2, 0) is 4.79 Å². The van der Waals surface area contributed by atoms with Crippen LogP contribution in [-0.4, -0.2) is 25.8 Å². The standard InChI is InChI=1S/C21H23N3O3/c1-3-4-12-27-19-11-10-16(13-20(19)26-2)15-23-24-21(25)18(14-22)17-8-6-5-7-9-17/h5-11,13,15,18H,3-4,12H2,1-2H3,(H,24,25)/b23-15-/t18-/m1/s1. The molecule has 0 aliphatic carbocycles. The highest BCUT2D eigenvalue weighted by Gasteiger charge is 2.19. The smallest absolute Gasteiger partial charge is 0.261 e. The lowest BCUT2D eigenvalue weighted by Gasteiger charge is -2.11. The summed E-state index contributed by atoms with van der Waals surface area (Å²) in [5.74, 6) is -0.125. The molecule has 0 fully saturated rings. The Hall–Kier alpha value is -3.33. The topological polar surface area (TPSA) is 83.7 Å². The molecule has 6 nitrogen and oxygen atoms in total. The number of hydrogen-bond acceptors (Lipinski definition) is 5. The summed E-state index contributed by atoms with van der Waals surface area (Å²) < 4.78 is 11.0. The number of nitrogens with one attached hydrogen (secondary N) is 1. The Morgan fingerprint density at radius 2 is 2.04 bits per heavy atom. The van der Waals surface area contributed by atoms with Crippen LogP contribution in [0.5, 0.6) is 11.5 Å². The van der Waals surface area contributed by atoms with Gasteiger partial charge in [-0.05, 0) is 35.7 Å². The Bertz CT molecular complexity index is 813. The van der Waals surface area contributed by atoms with E-state index >= 15 is 0 Å². The van der Waals surface area contributed by atoms with Crippen LogP contribution in [0.3, 0.4) is 0 Å². The van der Waals surface area contributed by atoms with Crippen molar-refractivity contribution in [1.29, 1.82) is 5.26 Å².